The normalized spacial score (nSPS) is 27.1. The molecule has 1 aromatic rings. The van der Waals surface area contributed by atoms with Crippen LogP contribution in [0.4, 0.5) is 0 Å². The van der Waals surface area contributed by atoms with Crippen LogP contribution >= 0.6 is 0 Å². The number of hydrogen-bond donors (Lipinski definition) is 1. The fourth-order valence-electron chi connectivity index (χ4n) is 1.74. The Bertz CT molecular complexity index is 245. The molecule has 1 N–H and O–H groups in total. The maximum atomic E-state index is 4.12. The molecule has 0 bridgehead atoms. The van der Waals surface area contributed by atoms with Gasteiger partial charge >= 0.3 is 0 Å². The fraction of sp³-hybridized carbons (Fsp3) is 0.500. The highest BCUT2D eigenvalue weighted by Gasteiger charge is 2.37. The molecule has 2 nitrogen and oxygen atoms in total. The first-order chi connectivity index (χ1) is 5.92. The van der Waals surface area contributed by atoms with Gasteiger partial charge in [0.1, 0.15) is 0 Å². The molecule has 2 heteroatoms. The summed E-state index contributed by atoms with van der Waals surface area (Å²) in [5, 5.41) is 3.21. The molecule has 12 heavy (non-hydrogen) atoms. The number of rotatable bonds is 3. The molecule has 1 aliphatic rings. The summed E-state index contributed by atoms with van der Waals surface area (Å²) >= 11 is 0. The molecular formula is C10H14N2. The van der Waals surface area contributed by atoms with E-state index in [-0.39, 0.29) is 0 Å². The van der Waals surface area contributed by atoms with Crippen LogP contribution in [0.5, 0.6) is 0 Å². The second-order valence-electron chi connectivity index (χ2n) is 3.45. The molecule has 1 saturated carbocycles. The van der Waals surface area contributed by atoms with Crippen molar-refractivity contribution in [2.75, 3.05) is 13.6 Å². The van der Waals surface area contributed by atoms with E-state index in [0.29, 0.717) is 0 Å². The Hall–Kier alpha value is -0.890. The number of nitrogens with one attached hydrogen (secondary N) is 1. The van der Waals surface area contributed by atoms with Gasteiger partial charge in [0.15, 0.2) is 0 Å². The summed E-state index contributed by atoms with van der Waals surface area (Å²) in [5.41, 5.74) is 1.40. The van der Waals surface area contributed by atoms with Crippen LogP contribution in [-0.4, -0.2) is 18.6 Å². The molecule has 1 aliphatic carbocycles. The minimum absolute atomic E-state index is 0.770. The fourth-order valence-corrected chi connectivity index (χ4v) is 1.74. The summed E-state index contributed by atoms with van der Waals surface area (Å²) in [5.74, 6) is 1.62. The molecule has 0 saturated heterocycles. The Morgan fingerprint density at radius 1 is 1.67 bits per heavy atom. The molecule has 0 aromatic carbocycles. The Labute approximate surface area is 73.0 Å². The van der Waals surface area contributed by atoms with Crippen LogP contribution in [0, 0.1) is 5.92 Å². The Morgan fingerprint density at radius 2 is 2.58 bits per heavy atom. The molecule has 1 heterocycles. The van der Waals surface area contributed by atoms with Crippen molar-refractivity contribution < 1.29 is 0 Å². The number of aromatic nitrogens is 1. The lowest BCUT2D eigenvalue weighted by atomic mass is 10.1. The van der Waals surface area contributed by atoms with Gasteiger partial charge < -0.3 is 5.32 Å². The molecule has 0 aliphatic heterocycles. The van der Waals surface area contributed by atoms with Gasteiger partial charge in [-0.3, -0.25) is 4.98 Å². The van der Waals surface area contributed by atoms with Gasteiger partial charge in [-0.15, -0.1) is 0 Å². The number of pyridine rings is 1. The molecular weight excluding hydrogens is 148 g/mol. The van der Waals surface area contributed by atoms with E-state index in [1.54, 1.807) is 0 Å². The largest absolute Gasteiger partial charge is 0.319 e. The van der Waals surface area contributed by atoms with Crippen molar-refractivity contribution >= 4 is 0 Å². The molecule has 0 radical (unpaired) electrons. The first-order valence-corrected chi connectivity index (χ1v) is 4.46. The zero-order chi connectivity index (χ0) is 8.39. The van der Waals surface area contributed by atoms with E-state index in [9.17, 15) is 0 Å². The quantitative estimate of drug-likeness (QED) is 0.726. The van der Waals surface area contributed by atoms with E-state index in [2.05, 4.69) is 16.4 Å². The van der Waals surface area contributed by atoms with Crippen molar-refractivity contribution in [2.45, 2.75) is 12.3 Å². The zero-order valence-corrected chi connectivity index (χ0v) is 7.33. The monoisotopic (exact) mass is 162 g/mol. The van der Waals surface area contributed by atoms with Gasteiger partial charge in [0.25, 0.3) is 0 Å². The first kappa shape index (κ1) is 7.74. The molecule has 2 atom stereocenters. The minimum Gasteiger partial charge on any atom is -0.319 e. The lowest BCUT2D eigenvalue weighted by molar-refractivity contribution is 0.697. The van der Waals surface area contributed by atoms with Crippen LogP contribution in [0.2, 0.25) is 0 Å². The minimum atomic E-state index is 0.770. The second-order valence-corrected chi connectivity index (χ2v) is 3.45. The summed E-state index contributed by atoms with van der Waals surface area (Å²) < 4.78 is 0. The third-order valence-corrected chi connectivity index (χ3v) is 2.50. The van der Waals surface area contributed by atoms with Crippen LogP contribution in [0.1, 0.15) is 17.9 Å². The maximum Gasteiger partial charge on any atom is 0.0302 e. The van der Waals surface area contributed by atoms with Crippen LogP contribution < -0.4 is 5.32 Å². The predicted molar refractivity (Wildman–Crippen MR) is 49.0 cm³/mol. The van der Waals surface area contributed by atoms with Crippen molar-refractivity contribution in [1.29, 1.82) is 0 Å². The topological polar surface area (TPSA) is 24.9 Å². The Balaban J connectivity index is 1.97. The third kappa shape index (κ3) is 1.48. The van der Waals surface area contributed by atoms with Gasteiger partial charge in [0.2, 0.25) is 0 Å². The SMILES string of the molecule is CNC[C@@H]1C[C@H]1c1cccnc1. The second kappa shape index (κ2) is 3.23. The standard InChI is InChI=1S/C10H14N2/c1-11-6-9-5-10(9)8-3-2-4-12-7-8/h2-4,7,9-11H,5-6H2,1H3/t9-,10-/m0/s1. The highest BCUT2D eigenvalue weighted by atomic mass is 14.8. The van der Waals surface area contributed by atoms with Gasteiger partial charge in [-0.1, -0.05) is 6.07 Å². The summed E-state index contributed by atoms with van der Waals surface area (Å²) in [6.07, 6.45) is 5.14. The highest BCUT2D eigenvalue weighted by Crippen LogP contribution is 2.46. The summed E-state index contributed by atoms with van der Waals surface area (Å²) in [6.45, 7) is 1.14. The Kier molecular flexibility index (Phi) is 2.09. The number of nitrogens with zero attached hydrogens (tertiary/aromatic N) is 1. The van der Waals surface area contributed by atoms with Gasteiger partial charge in [-0.25, -0.2) is 0 Å². The lowest BCUT2D eigenvalue weighted by Gasteiger charge is -1.98. The zero-order valence-electron chi connectivity index (χ0n) is 7.33. The average molecular weight is 162 g/mol. The van der Waals surface area contributed by atoms with Gasteiger partial charge in [0.05, 0.1) is 0 Å². The first-order valence-electron chi connectivity index (χ1n) is 4.46. The molecule has 2 rings (SSSR count). The molecule has 0 spiro atoms. The molecule has 0 amide bonds. The summed E-state index contributed by atoms with van der Waals surface area (Å²) in [4.78, 5) is 4.12. The molecule has 1 fully saturated rings. The van der Waals surface area contributed by atoms with Gasteiger partial charge in [-0.05, 0) is 43.5 Å². The predicted octanol–water partition coefficient (Wildman–Crippen LogP) is 1.40. The molecule has 0 unspecified atom stereocenters. The molecule has 1 aromatic heterocycles. The third-order valence-electron chi connectivity index (χ3n) is 2.50. The van der Waals surface area contributed by atoms with Crippen molar-refractivity contribution in [3.05, 3.63) is 30.1 Å². The van der Waals surface area contributed by atoms with Crippen molar-refractivity contribution in [2.24, 2.45) is 5.92 Å². The molecule has 64 valence electrons. The van der Waals surface area contributed by atoms with Crippen molar-refractivity contribution in [3.8, 4) is 0 Å². The van der Waals surface area contributed by atoms with Gasteiger partial charge in [0, 0.05) is 12.4 Å². The maximum absolute atomic E-state index is 4.12. The van der Waals surface area contributed by atoms with Crippen LogP contribution in [-0.2, 0) is 0 Å². The van der Waals surface area contributed by atoms with E-state index in [1.165, 1.54) is 12.0 Å². The summed E-state index contributed by atoms with van der Waals surface area (Å²) in [7, 11) is 2.01. The Morgan fingerprint density at radius 3 is 3.25 bits per heavy atom. The summed E-state index contributed by atoms with van der Waals surface area (Å²) in [6, 6.07) is 4.19. The van der Waals surface area contributed by atoms with Crippen molar-refractivity contribution in [3.63, 3.8) is 0 Å². The van der Waals surface area contributed by atoms with Crippen LogP contribution in [0.25, 0.3) is 0 Å². The van der Waals surface area contributed by atoms with E-state index in [4.69, 9.17) is 0 Å². The van der Waals surface area contributed by atoms with E-state index < -0.39 is 0 Å². The van der Waals surface area contributed by atoms with Gasteiger partial charge in [-0.2, -0.15) is 0 Å². The van der Waals surface area contributed by atoms with Crippen molar-refractivity contribution in [1.82, 2.24) is 10.3 Å². The average Bonchev–Trinajstić information content (AvgIpc) is 2.87. The van der Waals surface area contributed by atoms with E-state index >= 15 is 0 Å². The lowest BCUT2D eigenvalue weighted by Crippen LogP contribution is -2.10. The van der Waals surface area contributed by atoms with Crippen LogP contribution in [0.15, 0.2) is 24.5 Å². The number of hydrogen-bond acceptors (Lipinski definition) is 2. The van der Waals surface area contributed by atoms with E-state index in [0.717, 1.165) is 18.4 Å². The van der Waals surface area contributed by atoms with Crippen LogP contribution in [0.3, 0.4) is 0 Å². The smallest absolute Gasteiger partial charge is 0.0302 e. The highest BCUT2D eigenvalue weighted by molar-refractivity contribution is 5.22. The van der Waals surface area contributed by atoms with E-state index in [1.807, 2.05) is 25.5 Å².